The van der Waals surface area contributed by atoms with E-state index in [1.54, 1.807) is 0 Å². The topological polar surface area (TPSA) is 29.5 Å². The fraction of sp³-hybridized carbons (Fsp3) is 0.611. The minimum absolute atomic E-state index is 0.107. The normalized spacial score (nSPS) is 14.3. The molecule has 1 unspecified atom stereocenters. The van der Waals surface area contributed by atoms with E-state index in [1.165, 1.54) is 0 Å². The highest BCUT2D eigenvalue weighted by Crippen LogP contribution is 2.26. The highest BCUT2D eigenvalue weighted by molar-refractivity contribution is 6.03. The van der Waals surface area contributed by atoms with E-state index in [0.717, 1.165) is 30.8 Å². The Morgan fingerprint density at radius 2 is 1.86 bits per heavy atom. The first-order valence-corrected chi connectivity index (χ1v) is 7.95. The molecular formula is C18H29NO2. The molecule has 21 heavy (non-hydrogen) atoms. The van der Waals surface area contributed by atoms with Crippen LogP contribution in [0.25, 0.3) is 0 Å². The summed E-state index contributed by atoms with van der Waals surface area (Å²) < 4.78 is 5.70. The third-order valence-electron chi connectivity index (χ3n) is 4.11. The lowest BCUT2D eigenvalue weighted by molar-refractivity contribution is 0.0607. The van der Waals surface area contributed by atoms with Gasteiger partial charge in [0.1, 0.15) is 5.75 Å². The highest BCUT2D eigenvalue weighted by atomic mass is 16.5. The predicted molar refractivity (Wildman–Crippen MR) is 88.2 cm³/mol. The first kappa shape index (κ1) is 17.7. The van der Waals surface area contributed by atoms with Crippen molar-refractivity contribution in [3.63, 3.8) is 0 Å². The minimum Gasteiger partial charge on any atom is -0.491 e. The number of hydrogen-bond donors (Lipinski definition) is 0. The summed E-state index contributed by atoms with van der Waals surface area (Å²) >= 11 is 0. The van der Waals surface area contributed by atoms with Gasteiger partial charge in [0, 0.05) is 5.56 Å². The van der Waals surface area contributed by atoms with Gasteiger partial charge in [-0.15, -0.1) is 0 Å². The number of ether oxygens (including phenoxy) is 1. The molecule has 1 rings (SSSR count). The molecule has 1 aromatic carbocycles. The molecule has 1 aromatic rings. The van der Waals surface area contributed by atoms with Gasteiger partial charge in [-0.2, -0.15) is 0 Å². The second-order valence-electron chi connectivity index (χ2n) is 5.82. The second kappa shape index (κ2) is 7.60. The molecule has 0 amide bonds. The van der Waals surface area contributed by atoms with Crippen LogP contribution in [-0.2, 0) is 0 Å². The number of carbonyl (C=O) groups excluding carboxylic acids is 1. The molecule has 0 saturated carbocycles. The quantitative estimate of drug-likeness (QED) is 0.673. The number of nitrogens with zero attached hydrogens (tertiary/aromatic N) is 1. The molecule has 0 spiro atoms. The summed E-state index contributed by atoms with van der Waals surface area (Å²) in [7, 11) is 0. The first-order chi connectivity index (χ1) is 9.88. The van der Waals surface area contributed by atoms with E-state index in [0.29, 0.717) is 0 Å². The number of benzene rings is 1. The van der Waals surface area contributed by atoms with Crippen LogP contribution >= 0.6 is 0 Å². The fourth-order valence-electron chi connectivity index (χ4n) is 2.74. The summed E-state index contributed by atoms with van der Waals surface area (Å²) in [6.07, 6.45) is 0.902. The lowest BCUT2D eigenvalue weighted by atomic mass is 9.86. The maximum absolute atomic E-state index is 13.0. The molecule has 0 radical (unpaired) electrons. The third-order valence-corrected chi connectivity index (χ3v) is 4.11. The van der Waals surface area contributed by atoms with E-state index in [4.69, 9.17) is 4.74 Å². The summed E-state index contributed by atoms with van der Waals surface area (Å²) in [5.74, 6) is 0.928. The Hall–Kier alpha value is -1.35. The van der Waals surface area contributed by atoms with Crippen molar-refractivity contribution >= 4 is 5.78 Å². The molecule has 0 aromatic heterocycles. The van der Waals surface area contributed by atoms with Gasteiger partial charge in [-0.1, -0.05) is 32.9 Å². The van der Waals surface area contributed by atoms with Crippen molar-refractivity contribution in [1.29, 1.82) is 0 Å². The molecule has 0 heterocycles. The Morgan fingerprint density at radius 3 is 2.33 bits per heavy atom. The average Bonchev–Trinajstić information content (AvgIpc) is 2.47. The largest absolute Gasteiger partial charge is 0.491 e. The van der Waals surface area contributed by atoms with Crippen LogP contribution in [-0.4, -0.2) is 35.4 Å². The van der Waals surface area contributed by atoms with Gasteiger partial charge in [-0.25, -0.2) is 0 Å². The van der Waals surface area contributed by atoms with Crippen LogP contribution in [0.3, 0.4) is 0 Å². The SMILES string of the molecule is CCN(CC)C(C)(CC)C(=O)c1cccc(OC(C)C)c1. The van der Waals surface area contributed by atoms with E-state index in [1.807, 2.05) is 45.0 Å². The van der Waals surface area contributed by atoms with Crippen LogP contribution in [0.4, 0.5) is 0 Å². The zero-order chi connectivity index (χ0) is 16.0. The fourth-order valence-corrected chi connectivity index (χ4v) is 2.74. The van der Waals surface area contributed by atoms with E-state index < -0.39 is 5.54 Å². The smallest absolute Gasteiger partial charge is 0.182 e. The Bertz CT molecular complexity index is 466. The van der Waals surface area contributed by atoms with Gasteiger partial charge in [0.2, 0.25) is 0 Å². The van der Waals surface area contributed by atoms with Crippen molar-refractivity contribution in [3.8, 4) is 5.75 Å². The lowest BCUT2D eigenvalue weighted by Crippen LogP contribution is -2.51. The lowest BCUT2D eigenvalue weighted by Gasteiger charge is -2.38. The molecule has 118 valence electrons. The van der Waals surface area contributed by atoms with Gasteiger partial charge in [0.05, 0.1) is 11.6 Å². The van der Waals surface area contributed by atoms with Crippen molar-refractivity contribution in [2.24, 2.45) is 0 Å². The van der Waals surface area contributed by atoms with Gasteiger partial charge in [-0.05, 0) is 52.4 Å². The maximum Gasteiger partial charge on any atom is 0.182 e. The molecule has 0 N–H and O–H groups in total. The molecule has 0 aliphatic heterocycles. The summed E-state index contributed by atoms with van der Waals surface area (Å²) in [6, 6.07) is 7.54. The van der Waals surface area contributed by atoms with Crippen molar-refractivity contribution in [2.45, 2.75) is 59.6 Å². The van der Waals surface area contributed by atoms with Crippen LogP contribution in [0, 0.1) is 0 Å². The molecule has 0 bridgehead atoms. The summed E-state index contributed by atoms with van der Waals surface area (Å²) in [5.41, 5.74) is 0.268. The van der Waals surface area contributed by atoms with Crippen molar-refractivity contribution in [3.05, 3.63) is 29.8 Å². The van der Waals surface area contributed by atoms with Crippen molar-refractivity contribution < 1.29 is 9.53 Å². The van der Waals surface area contributed by atoms with Gasteiger partial charge in [0.25, 0.3) is 0 Å². The molecule has 3 heteroatoms. The van der Waals surface area contributed by atoms with Crippen LogP contribution in [0.15, 0.2) is 24.3 Å². The zero-order valence-corrected chi connectivity index (χ0v) is 14.3. The van der Waals surface area contributed by atoms with Gasteiger partial charge in [-0.3, -0.25) is 9.69 Å². The van der Waals surface area contributed by atoms with Crippen molar-refractivity contribution in [1.82, 2.24) is 4.90 Å². The molecule has 0 fully saturated rings. The predicted octanol–water partition coefficient (Wildman–Crippen LogP) is 4.17. The van der Waals surface area contributed by atoms with Crippen molar-refractivity contribution in [2.75, 3.05) is 13.1 Å². The van der Waals surface area contributed by atoms with Crippen LogP contribution in [0.1, 0.15) is 58.3 Å². The molecule has 0 aliphatic rings. The second-order valence-corrected chi connectivity index (χ2v) is 5.82. The number of rotatable bonds is 8. The first-order valence-electron chi connectivity index (χ1n) is 7.95. The van der Waals surface area contributed by atoms with Gasteiger partial charge < -0.3 is 4.74 Å². The van der Waals surface area contributed by atoms with E-state index >= 15 is 0 Å². The van der Waals surface area contributed by atoms with E-state index in [9.17, 15) is 4.79 Å². The Kier molecular flexibility index (Phi) is 6.41. The standard InChI is InChI=1S/C18H29NO2/c1-7-18(6,19(8-2)9-3)17(20)15-11-10-12-16(13-15)21-14(4)5/h10-14H,7-9H2,1-6H3. The third kappa shape index (κ3) is 4.07. The highest BCUT2D eigenvalue weighted by Gasteiger charge is 2.36. The molecular weight excluding hydrogens is 262 g/mol. The number of likely N-dealkylation sites (N-methyl/N-ethyl adjacent to an activating group) is 1. The van der Waals surface area contributed by atoms with Gasteiger partial charge in [0.15, 0.2) is 5.78 Å². The van der Waals surface area contributed by atoms with Gasteiger partial charge >= 0.3 is 0 Å². The molecule has 0 saturated heterocycles. The Balaban J connectivity index is 3.10. The van der Waals surface area contributed by atoms with E-state index in [2.05, 4.69) is 25.7 Å². The maximum atomic E-state index is 13.0. The number of Topliss-reactive ketones (excluding diaryl/α,β-unsaturated/α-hetero) is 1. The van der Waals surface area contributed by atoms with Crippen LogP contribution in [0.5, 0.6) is 5.75 Å². The van der Waals surface area contributed by atoms with Crippen LogP contribution < -0.4 is 4.74 Å². The Labute approximate surface area is 129 Å². The molecule has 1 atom stereocenters. The molecule has 0 aliphatic carbocycles. The number of carbonyl (C=O) groups is 1. The molecule has 3 nitrogen and oxygen atoms in total. The van der Waals surface area contributed by atoms with Crippen LogP contribution in [0.2, 0.25) is 0 Å². The summed E-state index contributed by atoms with van der Waals surface area (Å²) in [5, 5.41) is 0. The summed E-state index contributed by atoms with van der Waals surface area (Å²) in [6.45, 7) is 14.0. The summed E-state index contributed by atoms with van der Waals surface area (Å²) in [4.78, 5) is 15.2. The number of hydrogen-bond acceptors (Lipinski definition) is 3. The number of ketones is 1. The minimum atomic E-state index is -0.458. The van der Waals surface area contributed by atoms with E-state index in [-0.39, 0.29) is 11.9 Å². The monoisotopic (exact) mass is 291 g/mol. The zero-order valence-electron chi connectivity index (χ0n) is 14.3. The Morgan fingerprint density at radius 1 is 1.24 bits per heavy atom. The average molecular weight is 291 g/mol.